The van der Waals surface area contributed by atoms with Crippen LogP contribution in [0.3, 0.4) is 0 Å². The van der Waals surface area contributed by atoms with Gasteiger partial charge < -0.3 is 15.7 Å². The Balaban J connectivity index is 2.93. The standard InChI is InChI=1S/C13H22FN3O3S/c1-9-5-10(6-11(15)12(9)14)21(19,20)16-7-13(2,18)8-17(3)4/h5-6,16,18H,7-8,15H2,1-4H3. The van der Waals surface area contributed by atoms with E-state index in [1.54, 1.807) is 19.0 Å². The summed E-state index contributed by atoms with van der Waals surface area (Å²) in [6.07, 6.45) is 0. The summed E-state index contributed by atoms with van der Waals surface area (Å²) in [4.78, 5) is 1.62. The molecule has 0 aromatic heterocycles. The smallest absolute Gasteiger partial charge is 0.240 e. The van der Waals surface area contributed by atoms with Crippen molar-refractivity contribution in [2.45, 2.75) is 24.3 Å². The van der Waals surface area contributed by atoms with Crippen LogP contribution in [0, 0.1) is 12.7 Å². The van der Waals surface area contributed by atoms with E-state index in [0.29, 0.717) is 6.54 Å². The summed E-state index contributed by atoms with van der Waals surface area (Å²) in [5.74, 6) is -0.631. The third-order valence-corrected chi connectivity index (χ3v) is 4.25. The van der Waals surface area contributed by atoms with Crippen LogP contribution in [0.15, 0.2) is 17.0 Å². The zero-order valence-corrected chi connectivity index (χ0v) is 13.5. The van der Waals surface area contributed by atoms with Gasteiger partial charge in [-0.2, -0.15) is 0 Å². The fourth-order valence-electron chi connectivity index (χ4n) is 1.99. The number of anilines is 1. The van der Waals surface area contributed by atoms with Crippen molar-refractivity contribution < 1.29 is 17.9 Å². The Morgan fingerprint density at radius 1 is 1.43 bits per heavy atom. The predicted octanol–water partition coefficient (Wildman–Crippen LogP) is 0.307. The number of nitrogens with zero attached hydrogens (tertiary/aromatic N) is 1. The van der Waals surface area contributed by atoms with Crippen LogP contribution in [0.2, 0.25) is 0 Å². The van der Waals surface area contributed by atoms with E-state index in [1.165, 1.54) is 19.9 Å². The van der Waals surface area contributed by atoms with Gasteiger partial charge in [-0.15, -0.1) is 0 Å². The third kappa shape index (κ3) is 4.92. The molecule has 1 aromatic rings. The maximum Gasteiger partial charge on any atom is 0.240 e. The van der Waals surface area contributed by atoms with Crippen molar-refractivity contribution in [3.63, 3.8) is 0 Å². The Kier molecular flexibility index (Phi) is 5.32. The number of benzene rings is 1. The molecule has 0 radical (unpaired) electrons. The monoisotopic (exact) mass is 319 g/mol. The third-order valence-electron chi connectivity index (χ3n) is 2.87. The topological polar surface area (TPSA) is 95.7 Å². The summed E-state index contributed by atoms with van der Waals surface area (Å²) in [7, 11) is -0.325. The van der Waals surface area contributed by atoms with E-state index in [2.05, 4.69) is 4.72 Å². The van der Waals surface area contributed by atoms with Crippen molar-refractivity contribution in [3.05, 3.63) is 23.5 Å². The summed E-state index contributed by atoms with van der Waals surface area (Å²) in [5.41, 5.74) is 4.14. The second-order valence-electron chi connectivity index (χ2n) is 5.70. The lowest BCUT2D eigenvalue weighted by Crippen LogP contribution is -2.47. The van der Waals surface area contributed by atoms with Crippen molar-refractivity contribution in [2.75, 3.05) is 32.9 Å². The molecule has 0 bridgehead atoms. The number of aliphatic hydroxyl groups is 1. The van der Waals surface area contributed by atoms with Gasteiger partial charge in [-0.1, -0.05) is 0 Å². The number of halogens is 1. The minimum atomic E-state index is -3.87. The second-order valence-corrected chi connectivity index (χ2v) is 7.47. The summed E-state index contributed by atoms with van der Waals surface area (Å²) < 4.78 is 40.1. The highest BCUT2D eigenvalue weighted by molar-refractivity contribution is 7.89. The largest absolute Gasteiger partial charge is 0.396 e. The van der Waals surface area contributed by atoms with Gasteiger partial charge in [0.05, 0.1) is 16.2 Å². The molecule has 120 valence electrons. The fourth-order valence-corrected chi connectivity index (χ4v) is 3.27. The number of nitrogens with two attached hydrogens (primary N) is 1. The molecule has 0 aliphatic heterocycles. The maximum absolute atomic E-state index is 13.4. The van der Waals surface area contributed by atoms with Gasteiger partial charge in [0.25, 0.3) is 0 Å². The zero-order chi connectivity index (χ0) is 16.4. The van der Waals surface area contributed by atoms with Gasteiger partial charge in [0.15, 0.2) is 0 Å². The van der Waals surface area contributed by atoms with Crippen molar-refractivity contribution in [2.24, 2.45) is 0 Å². The Hall–Kier alpha value is -1.22. The Labute approximate surface area is 124 Å². The molecule has 1 rings (SSSR count). The lowest BCUT2D eigenvalue weighted by molar-refractivity contribution is 0.0386. The molecule has 0 fully saturated rings. The predicted molar refractivity (Wildman–Crippen MR) is 79.9 cm³/mol. The SMILES string of the molecule is Cc1cc(S(=O)(=O)NCC(C)(O)CN(C)C)cc(N)c1F. The first-order valence-electron chi connectivity index (χ1n) is 6.37. The van der Waals surface area contributed by atoms with Crippen LogP contribution in [0.4, 0.5) is 10.1 Å². The molecular formula is C13H22FN3O3S. The van der Waals surface area contributed by atoms with Gasteiger partial charge in [-0.05, 0) is 45.6 Å². The first kappa shape index (κ1) is 17.8. The highest BCUT2D eigenvalue weighted by Gasteiger charge is 2.25. The van der Waals surface area contributed by atoms with Crippen LogP contribution < -0.4 is 10.5 Å². The molecule has 8 heteroatoms. The lowest BCUT2D eigenvalue weighted by Gasteiger charge is -2.27. The Bertz CT molecular complexity index is 592. The lowest BCUT2D eigenvalue weighted by atomic mass is 10.1. The van der Waals surface area contributed by atoms with Gasteiger partial charge in [-0.25, -0.2) is 17.5 Å². The van der Waals surface area contributed by atoms with E-state index < -0.39 is 21.4 Å². The molecule has 1 atom stereocenters. The normalized spacial score (nSPS) is 15.2. The van der Waals surface area contributed by atoms with Gasteiger partial charge >= 0.3 is 0 Å². The van der Waals surface area contributed by atoms with Gasteiger partial charge in [0, 0.05) is 13.1 Å². The minimum absolute atomic E-state index is 0.125. The van der Waals surface area contributed by atoms with E-state index in [4.69, 9.17) is 5.73 Å². The molecule has 0 spiro atoms. The van der Waals surface area contributed by atoms with Crippen LogP contribution in [0.25, 0.3) is 0 Å². The highest BCUT2D eigenvalue weighted by atomic mass is 32.2. The van der Waals surface area contributed by atoms with Crippen LogP contribution in [-0.2, 0) is 10.0 Å². The molecule has 6 nitrogen and oxygen atoms in total. The average Bonchev–Trinajstić information content (AvgIpc) is 2.31. The van der Waals surface area contributed by atoms with Crippen molar-refractivity contribution in [1.29, 1.82) is 0 Å². The molecule has 1 unspecified atom stereocenters. The molecule has 21 heavy (non-hydrogen) atoms. The first-order chi connectivity index (χ1) is 9.44. The molecule has 1 aromatic carbocycles. The van der Waals surface area contributed by atoms with E-state index >= 15 is 0 Å². The van der Waals surface area contributed by atoms with Gasteiger partial charge in [-0.3, -0.25) is 0 Å². The Morgan fingerprint density at radius 2 is 2.00 bits per heavy atom. The summed E-state index contributed by atoms with van der Waals surface area (Å²) in [5, 5.41) is 10.1. The molecule has 4 N–H and O–H groups in total. The molecule has 0 heterocycles. The molecule has 0 aliphatic carbocycles. The van der Waals surface area contributed by atoms with E-state index in [1.807, 2.05) is 0 Å². The molecule has 0 saturated heterocycles. The highest BCUT2D eigenvalue weighted by Crippen LogP contribution is 2.21. The summed E-state index contributed by atoms with van der Waals surface area (Å²) in [6, 6.07) is 2.26. The maximum atomic E-state index is 13.4. The van der Waals surface area contributed by atoms with Crippen molar-refractivity contribution in [1.82, 2.24) is 9.62 Å². The van der Waals surface area contributed by atoms with E-state index in [0.717, 1.165) is 6.07 Å². The summed E-state index contributed by atoms with van der Waals surface area (Å²) >= 11 is 0. The van der Waals surface area contributed by atoms with Crippen LogP contribution in [-0.4, -0.2) is 51.2 Å². The van der Waals surface area contributed by atoms with Gasteiger partial charge in [0.2, 0.25) is 10.0 Å². The van der Waals surface area contributed by atoms with Gasteiger partial charge in [0.1, 0.15) is 5.82 Å². The van der Waals surface area contributed by atoms with Crippen molar-refractivity contribution >= 4 is 15.7 Å². The van der Waals surface area contributed by atoms with Crippen LogP contribution in [0.5, 0.6) is 0 Å². The molecular weight excluding hydrogens is 297 g/mol. The molecule has 0 amide bonds. The van der Waals surface area contributed by atoms with Crippen LogP contribution in [0.1, 0.15) is 12.5 Å². The quantitative estimate of drug-likeness (QED) is 0.656. The number of aryl methyl sites for hydroxylation is 1. The number of nitrogen functional groups attached to an aromatic ring is 1. The van der Waals surface area contributed by atoms with Crippen molar-refractivity contribution in [3.8, 4) is 0 Å². The minimum Gasteiger partial charge on any atom is -0.396 e. The number of hydrogen-bond donors (Lipinski definition) is 3. The van der Waals surface area contributed by atoms with Crippen LogP contribution >= 0.6 is 0 Å². The fraction of sp³-hybridized carbons (Fsp3) is 0.538. The number of rotatable bonds is 6. The number of sulfonamides is 1. The average molecular weight is 319 g/mol. The second kappa shape index (κ2) is 6.27. The number of nitrogens with one attached hydrogen (secondary N) is 1. The summed E-state index contributed by atoms with van der Waals surface area (Å²) in [6.45, 7) is 3.09. The van der Waals surface area contributed by atoms with E-state index in [-0.39, 0.29) is 22.7 Å². The molecule has 0 aliphatic rings. The van der Waals surface area contributed by atoms with E-state index in [9.17, 15) is 17.9 Å². The number of hydrogen-bond acceptors (Lipinski definition) is 5. The first-order valence-corrected chi connectivity index (χ1v) is 7.85. The zero-order valence-electron chi connectivity index (χ0n) is 12.6. The molecule has 0 saturated carbocycles. The number of likely N-dealkylation sites (N-methyl/N-ethyl adjacent to an activating group) is 1. The Morgan fingerprint density at radius 3 is 2.48 bits per heavy atom.